The van der Waals surface area contributed by atoms with Crippen molar-refractivity contribution in [1.29, 1.82) is 0 Å². The van der Waals surface area contributed by atoms with Crippen molar-refractivity contribution < 1.29 is 42.9 Å². The van der Waals surface area contributed by atoms with E-state index in [0.29, 0.717) is 5.69 Å². The molecule has 0 amide bonds. The molecule has 5 rings (SSSR count). The third-order valence-electron chi connectivity index (χ3n) is 6.41. The van der Waals surface area contributed by atoms with Gasteiger partial charge in [0.15, 0.2) is 5.75 Å². The summed E-state index contributed by atoms with van der Waals surface area (Å²) < 4.78 is 39.8. The highest BCUT2D eigenvalue weighted by Gasteiger charge is 2.22. The molecular formula is C30H23N5O9S. The van der Waals surface area contributed by atoms with Crippen molar-refractivity contribution in [2.45, 2.75) is 4.90 Å². The number of hydrogen-bond acceptors (Lipinski definition) is 12. The normalized spacial score (nSPS) is 11.8. The molecule has 228 valence electrons. The first-order valence-electron chi connectivity index (χ1n) is 12.8. The van der Waals surface area contributed by atoms with Crippen LogP contribution in [0.4, 0.5) is 34.1 Å². The maximum atomic E-state index is 12.3. The Morgan fingerprint density at radius 1 is 0.778 bits per heavy atom. The second kappa shape index (κ2) is 12.3. The number of nitrogens with one attached hydrogen (secondary N) is 1. The standard InChI is InChI=1S/C30H23N5O9S/c1-44-26-15-22(25(37)14-23(26)34-32-19-8-10-24(36)21(13-19)30(39)40)33-35-28-27(45(41,42)43)12-16-11-18(7-9-20(16)29(28)38)31-17-5-3-2-4-6-17/h2-15,31,36-38H,1H3,(H,39,40)(H,41,42,43). The predicted octanol–water partition coefficient (Wildman–Crippen LogP) is 7.48. The topological polar surface area (TPSA) is 223 Å². The number of carbonyl (C=O) groups is 1. The molecule has 5 aromatic rings. The Balaban J connectivity index is 1.50. The van der Waals surface area contributed by atoms with Crippen LogP contribution in [0.2, 0.25) is 0 Å². The van der Waals surface area contributed by atoms with Gasteiger partial charge in [0.1, 0.15) is 44.8 Å². The largest absolute Gasteiger partial charge is 0.507 e. The lowest BCUT2D eigenvalue weighted by Gasteiger charge is -2.12. The first-order valence-corrected chi connectivity index (χ1v) is 14.3. The van der Waals surface area contributed by atoms with Crippen molar-refractivity contribution in [3.63, 3.8) is 0 Å². The van der Waals surface area contributed by atoms with E-state index in [2.05, 4.69) is 25.8 Å². The van der Waals surface area contributed by atoms with Crippen molar-refractivity contribution in [2.24, 2.45) is 20.5 Å². The number of azo groups is 2. The maximum absolute atomic E-state index is 12.3. The van der Waals surface area contributed by atoms with E-state index in [1.54, 1.807) is 12.1 Å². The number of benzene rings is 5. The molecule has 0 saturated carbocycles. The number of nitrogens with zero attached hydrogens (tertiary/aromatic N) is 4. The lowest BCUT2D eigenvalue weighted by atomic mass is 10.1. The Bertz CT molecular complexity index is 2120. The van der Waals surface area contributed by atoms with Crippen LogP contribution in [0.15, 0.2) is 110 Å². The van der Waals surface area contributed by atoms with Crippen LogP contribution in [0.1, 0.15) is 10.4 Å². The van der Waals surface area contributed by atoms with Crippen LogP contribution in [0, 0.1) is 0 Å². The summed E-state index contributed by atoms with van der Waals surface area (Å²) in [5, 5.41) is 59.7. The molecule has 0 heterocycles. The molecule has 0 aliphatic heterocycles. The van der Waals surface area contributed by atoms with Crippen molar-refractivity contribution in [3.8, 4) is 23.0 Å². The fourth-order valence-electron chi connectivity index (χ4n) is 4.25. The van der Waals surface area contributed by atoms with Gasteiger partial charge in [0.2, 0.25) is 0 Å². The van der Waals surface area contributed by atoms with Gasteiger partial charge < -0.3 is 30.5 Å². The molecule has 0 atom stereocenters. The Labute approximate surface area is 255 Å². The summed E-state index contributed by atoms with van der Waals surface area (Å²) in [6, 6.07) is 21.0. The number of para-hydroxylation sites is 1. The smallest absolute Gasteiger partial charge is 0.339 e. The third-order valence-corrected chi connectivity index (χ3v) is 7.28. The molecule has 0 spiro atoms. The molecule has 0 radical (unpaired) electrons. The van der Waals surface area contributed by atoms with Crippen LogP contribution in [-0.4, -0.2) is 46.5 Å². The van der Waals surface area contributed by atoms with Gasteiger partial charge in [0.05, 0.1) is 12.8 Å². The lowest BCUT2D eigenvalue weighted by Crippen LogP contribution is -1.99. The van der Waals surface area contributed by atoms with Crippen LogP contribution in [0.3, 0.4) is 0 Å². The molecule has 0 fully saturated rings. The third kappa shape index (κ3) is 6.64. The highest BCUT2D eigenvalue weighted by molar-refractivity contribution is 7.86. The van der Waals surface area contributed by atoms with Crippen LogP contribution in [-0.2, 0) is 10.1 Å². The Hall–Kier alpha value is -6.06. The van der Waals surface area contributed by atoms with Crippen LogP contribution in [0.5, 0.6) is 23.0 Å². The number of aromatic hydroxyl groups is 3. The van der Waals surface area contributed by atoms with E-state index in [1.807, 2.05) is 30.3 Å². The fourth-order valence-corrected chi connectivity index (χ4v) is 4.91. The molecule has 0 unspecified atom stereocenters. The van der Waals surface area contributed by atoms with E-state index < -0.39 is 43.9 Å². The van der Waals surface area contributed by atoms with Crippen LogP contribution >= 0.6 is 0 Å². The number of phenols is 3. The van der Waals surface area contributed by atoms with E-state index >= 15 is 0 Å². The Morgan fingerprint density at radius 3 is 2.20 bits per heavy atom. The van der Waals surface area contributed by atoms with Gasteiger partial charge in [-0.15, -0.1) is 15.3 Å². The summed E-state index contributed by atoms with van der Waals surface area (Å²) in [6.07, 6.45) is 0. The molecule has 0 aliphatic carbocycles. The first-order chi connectivity index (χ1) is 21.4. The van der Waals surface area contributed by atoms with E-state index in [4.69, 9.17) is 4.74 Å². The van der Waals surface area contributed by atoms with Gasteiger partial charge in [-0.2, -0.15) is 13.5 Å². The number of fused-ring (bicyclic) bond motifs is 1. The number of phenolic OH excluding ortho intramolecular Hbond substituents is 2. The summed E-state index contributed by atoms with van der Waals surface area (Å²) in [7, 11) is -3.61. The maximum Gasteiger partial charge on any atom is 0.339 e. The molecule has 0 bridgehead atoms. The summed E-state index contributed by atoms with van der Waals surface area (Å²) in [4.78, 5) is 10.5. The number of aromatic carboxylic acids is 1. The van der Waals surface area contributed by atoms with Gasteiger partial charge in [-0.1, -0.05) is 18.2 Å². The quantitative estimate of drug-likeness (QED) is 0.0696. The summed E-state index contributed by atoms with van der Waals surface area (Å²) in [5.41, 5.74) is 0.281. The molecule has 15 heteroatoms. The summed E-state index contributed by atoms with van der Waals surface area (Å²) >= 11 is 0. The average Bonchev–Trinajstić information content (AvgIpc) is 3.00. The monoisotopic (exact) mass is 629 g/mol. The molecule has 6 N–H and O–H groups in total. The number of carboxylic acids is 1. The van der Waals surface area contributed by atoms with Gasteiger partial charge in [0.25, 0.3) is 10.1 Å². The van der Waals surface area contributed by atoms with Gasteiger partial charge in [0, 0.05) is 28.9 Å². The number of anilines is 2. The van der Waals surface area contributed by atoms with Crippen LogP contribution < -0.4 is 10.1 Å². The minimum atomic E-state index is -4.90. The summed E-state index contributed by atoms with van der Waals surface area (Å²) in [6.45, 7) is 0. The van der Waals surface area contributed by atoms with Crippen molar-refractivity contribution in [3.05, 3.63) is 90.5 Å². The zero-order valence-electron chi connectivity index (χ0n) is 23.1. The summed E-state index contributed by atoms with van der Waals surface area (Å²) in [5.74, 6) is -2.85. The first kappa shape index (κ1) is 30.4. The lowest BCUT2D eigenvalue weighted by molar-refractivity contribution is 0.0693. The average molecular weight is 630 g/mol. The number of ether oxygens (including phenoxy) is 1. The Kier molecular flexibility index (Phi) is 8.29. The van der Waals surface area contributed by atoms with E-state index in [9.17, 15) is 38.2 Å². The minimum Gasteiger partial charge on any atom is -0.507 e. The highest BCUT2D eigenvalue weighted by Crippen LogP contribution is 2.44. The molecule has 0 saturated heterocycles. The van der Waals surface area contributed by atoms with E-state index in [-0.39, 0.29) is 39.1 Å². The van der Waals surface area contributed by atoms with Gasteiger partial charge >= 0.3 is 5.97 Å². The number of carboxylic acid groups (broad SMARTS) is 1. The van der Waals surface area contributed by atoms with E-state index in [1.165, 1.54) is 25.3 Å². The molecule has 0 aromatic heterocycles. The molecule has 0 aliphatic rings. The van der Waals surface area contributed by atoms with Gasteiger partial charge in [-0.25, -0.2) is 4.79 Å². The second-order valence-corrected chi connectivity index (χ2v) is 10.8. The van der Waals surface area contributed by atoms with E-state index in [0.717, 1.165) is 30.0 Å². The highest BCUT2D eigenvalue weighted by atomic mass is 32.2. The van der Waals surface area contributed by atoms with Gasteiger partial charge in [-0.05, 0) is 60.0 Å². The number of hydrogen-bond donors (Lipinski definition) is 6. The zero-order valence-corrected chi connectivity index (χ0v) is 24.0. The zero-order chi connectivity index (χ0) is 32.3. The molecule has 45 heavy (non-hydrogen) atoms. The predicted molar refractivity (Wildman–Crippen MR) is 163 cm³/mol. The van der Waals surface area contributed by atoms with Crippen molar-refractivity contribution in [1.82, 2.24) is 0 Å². The number of methoxy groups -OCH3 is 1. The molecule has 14 nitrogen and oxygen atoms in total. The number of rotatable bonds is 9. The van der Waals surface area contributed by atoms with Gasteiger partial charge in [-0.3, -0.25) is 4.55 Å². The SMILES string of the molecule is COc1cc(N=Nc2c(S(=O)(=O)O)cc3cc(Nc4ccccc4)ccc3c2O)c(O)cc1N=Nc1ccc(O)c(C(=O)O)c1. The minimum absolute atomic E-state index is 0.00555. The molecule has 5 aromatic carbocycles. The van der Waals surface area contributed by atoms with Crippen molar-refractivity contribution in [2.75, 3.05) is 12.4 Å². The molecular weight excluding hydrogens is 606 g/mol. The second-order valence-electron chi connectivity index (χ2n) is 9.39. The van der Waals surface area contributed by atoms with Crippen molar-refractivity contribution >= 4 is 61.0 Å². The fraction of sp³-hybridized carbons (Fsp3) is 0.0333. The van der Waals surface area contributed by atoms with Crippen LogP contribution in [0.25, 0.3) is 10.8 Å². The Morgan fingerprint density at radius 2 is 1.51 bits per heavy atom.